The summed E-state index contributed by atoms with van der Waals surface area (Å²) in [6.07, 6.45) is 0. The van der Waals surface area contributed by atoms with Gasteiger partial charge in [0.1, 0.15) is 23.9 Å². The lowest BCUT2D eigenvalue weighted by molar-refractivity contribution is 0.102. The van der Waals surface area contributed by atoms with Crippen LogP contribution in [0.3, 0.4) is 0 Å². The number of carbonyl (C=O) groups excluding carboxylic acids is 1. The molecule has 1 amide bonds. The summed E-state index contributed by atoms with van der Waals surface area (Å²) in [5.41, 5.74) is 2.87. The topological polar surface area (TPSA) is 64.4 Å². The molecule has 30 heavy (non-hydrogen) atoms. The van der Waals surface area contributed by atoms with Gasteiger partial charge in [-0.25, -0.2) is 4.39 Å². The van der Waals surface area contributed by atoms with Crippen molar-refractivity contribution in [3.63, 3.8) is 0 Å². The standard InChI is InChI=1S/C24H21FN2O3/c1-14-8-9-21(25)22(10-14)26-24(28)19-11-17-6-4-5-7-18(17)12-23(19)29-13-20-15(2)27-30-16(20)3/h4-12H,13H2,1-3H3,(H,26,28). The van der Waals surface area contributed by atoms with Crippen LogP contribution in [0.4, 0.5) is 10.1 Å². The van der Waals surface area contributed by atoms with E-state index in [1.165, 1.54) is 6.07 Å². The molecule has 4 aromatic rings. The molecule has 5 nitrogen and oxygen atoms in total. The number of rotatable bonds is 5. The third kappa shape index (κ3) is 3.89. The SMILES string of the molecule is Cc1ccc(F)c(NC(=O)c2cc3ccccc3cc2OCc2c(C)noc2C)c1. The highest BCUT2D eigenvalue weighted by Gasteiger charge is 2.18. The van der Waals surface area contributed by atoms with Crippen molar-refractivity contribution in [3.8, 4) is 5.75 Å². The number of aryl methyl sites for hydroxylation is 3. The van der Waals surface area contributed by atoms with Crippen molar-refractivity contribution in [3.05, 3.63) is 88.6 Å². The quantitative estimate of drug-likeness (QED) is 0.462. The maximum Gasteiger partial charge on any atom is 0.259 e. The van der Waals surface area contributed by atoms with Gasteiger partial charge in [0.25, 0.3) is 5.91 Å². The molecule has 6 heteroatoms. The van der Waals surface area contributed by atoms with Gasteiger partial charge in [-0.2, -0.15) is 0 Å². The third-order valence-corrected chi connectivity index (χ3v) is 5.02. The fraction of sp³-hybridized carbons (Fsp3) is 0.167. The Morgan fingerprint density at radius 2 is 1.80 bits per heavy atom. The van der Waals surface area contributed by atoms with E-state index in [1.54, 1.807) is 18.2 Å². The number of aromatic nitrogens is 1. The van der Waals surface area contributed by atoms with Crippen LogP contribution in [0.25, 0.3) is 10.8 Å². The summed E-state index contributed by atoms with van der Waals surface area (Å²) < 4.78 is 25.4. The Hall–Kier alpha value is -3.67. The maximum absolute atomic E-state index is 14.2. The Labute approximate surface area is 173 Å². The van der Waals surface area contributed by atoms with Gasteiger partial charge in [0.05, 0.1) is 22.5 Å². The van der Waals surface area contributed by atoms with E-state index >= 15 is 0 Å². The van der Waals surface area contributed by atoms with Crippen molar-refractivity contribution < 1.29 is 18.4 Å². The van der Waals surface area contributed by atoms with Crippen LogP contribution in [0, 0.1) is 26.6 Å². The van der Waals surface area contributed by atoms with Gasteiger partial charge in [0.15, 0.2) is 0 Å². The summed E-state index contributed by atoms with van der Waals surface area (Å²) >= 11 is 0. The van der Waals surface area contributed by atoms with Crippen LogP contribution >= 0.6 is 0 Å². The number of amides is 1. The van der Waals surface area contributed by atoms with Crippen LogP contribution in [-0.2, 0) is 6.61 Å². The predicted molar refractivity (Wildman–Crippen MR) is 113 cm³/mol. The fourth-order valence-corrected chi connectivity index (χ4v) is 3.30. The highest BCUT2D eigenvalue weighted by molar-refractivity contribution is 6.08. The van der Waals surface area contributed by atoms with Gasteiger partial charge in [-0.1, -0.05) is 35.5 Å². The molecule has 0 aliphatic heterocycles. The largest absolute Gasteiger partial charge is 0.488 e. The van der Waals surface area contributed by atoms with Crippen LogP contribution in [0.15, 0.2) is 59.1 Å². The number of anilines is 1. The van der Waals surface area contributed by atoms with Gasteiger partial charge in [0.2, 0.25) is 0 Å². The van der Waals surface area contributed by atoms with E-state index in [0.29, 0.717) is 17.1 Å². The number of ether oxygens (including phenoxy) is 1. The third-order valence-electron chi connectivity index (χ3n) is 5.02. The molecule has 0 aliphatic carbocycles. The molecule has 1 N–H and O–H groups in total. The zero-order valence-corrected chi connectivity index (χ0v) is 17.0. The van der Waals surface area contributed by atoms with Crippen LogP contribution in [0.2, 0.25) is 0 Å². The number of hydrogen-bond acceptors (Lipinski definition) is 4. The lowest BCUT2D eigenvalue weighted by atomic mass is 10.0. The lowest BCUT2D eigenvalue weighted by Gasteiger charge is -2.14. The van der Waals surface area contributed by atoms with Crippen LogP contribution in [-0.4, -0.2) is 11.1 Å². The molecular weight excluding hydrogens is 383 g/mol. The molecule has 0 saturated carbocycles. The van der Waals surface area contributed by atoms with Gasteiger partial charge in [0, 0.05) is 0 Å². The number of fused-ring (bicyclic) bond motifs is 1. The first-order valence-electron chi connectivity index (χ1n) is 9.57. The zero-order chi connectivity index (χ0) is 21.3. The van der Waals surface area contributed by atoms with Crippen molar-refractivity contribution in [1.82, 2.24) is 5.16 Å². The van der Waals surface area contributed by atoms with E-state index in [4.69, 9.17) is 9.26 Å². The molecule has 0 saturated heterocycles. The van der Waals surface area contributed by atoms with E-state index in [-0.39, 0.29) is 12.3 Å². The number of halogens is 1. The summed E-state index contributed by atoms with van der Waals surface area (Å²) in [7, 11) is 0. The Morgan fingerprint density at radius 1 is 1.07 bits per heavy atom. The number of carbonyl (C=O) groups is 1. The minimum atomic E-state index is -0.493. The van der Waals surface area contributed by atoms with E-state index in [1.807, 2.05) is 51.1 Å². The first kappa shape index (κ1) is 19.6. The summed E-state index contributed by atoms with van der Waals surface area (Å²) in [5.74, 6) is 0.132. The van der Waals surface area contributed by atoms with Crippen molar-refractivity contribution in [2.75, 3.05) is 5.32 Å². The number of nitrogens with one attached hydrogen (secondary N) is 1. The summed E-state index contributed by atoms with van der Waals surface area (Å²) in [5, 5.41) is 8.42. The lowest BCUT2D eigenvalue weighted by Crippen LogP contribution is -2.15. The molecule has 0 aliphatic rings. The second-order valence-electron chi connectivity index (χ2n) is 7.22. The number of benzene rings is 3. The molecule has 0 radical (unpaired) electrons. The zero-order valence-electron chi connectivity index (χ0n) is 17.0. The Bertz CT molecular complexity index is 1230. The van der Waals surface area contributed by atoms with Gasteiger partial charge < -0.3 is 14.6 Å². The Morgan fingerprint density at radius 3 is 2.50 bits per heavy atom. The average Bonchev–Trinajstić information content (AvgIpc) is 3.05. The highest BCUT2D eigenvalue weighted by atomic mass is 19.1. The second kappa shape index (κ2) is 7.99. The van der Waals surface area contributed by atoms with Crippen LogP contribution in [0.1, 0.15) is 32.9 Å². The monoisotopic (exact) mass is 404 g/mol. The Kier molecular flexibility index (Phi) is 5.23. The average molecular weight is 404 g/mol. The first-order chi connectivity index (χ1) is 14.4. The smallest absolute Gasteiger partial charge is 0.259 e. The summed E-state index contributed by atoms with van der Waals surface area (Å²) in [6.45, 7) is 5.69. The van der Waals surface area contributed by atoms with Crippen LogP contribution < -0.4 is 10.1 Å². The molecule has 0 spiro atoms. The molecule has 0 unspecified atom stereocenters. The number of nitrogens with zero attached hydrogens (tertiary/aromatic N) is 1. The van der Waals surface area contributed by atoms with Crippen molar-refractivity contribution in [1.29, 1.82) is 0 Å². The molecule has 0 bridgehead atoms. The molecule has 0 fully saturated rings. The van der Waals surface area contributed by atoms with Crippen molar-refractivity contribution >= 4 is 22.4 Å². The van der Waals surface area contributed by atoms with Crippen molar-refractivity contribution in [2.24, 2.45) is 0 Å². The minimum Gasteiger partial charge on any atom is -0.488 e. The molecule has 4 rings (SSSR count). The van der Waals surface area contributed by atoms with E-state index in [2.05, 4.69) is 10.5 Å². The summed E-state index contributed by atoms with van der Waals surface area (Å²) in [4.78, 5) is 13.0. The van der Waals surface area contributed by atoms with Gasteiger partial charge in [-0.05, 0) is 61.4 Å². The molecule has 152 valence electrons. The predicted octanol–water partition coefficient (Wildman–Crippen LogP) is 5.72. The molecule has 3 aromatic carbocycles. The second-order valence-corrected chi connectivity index (χ2v) is 7.22. The molecule has 1 aromatic heterocycles. The van der Waals surface area contributed by atoms with E-state index in [9.17, 15) is 9.18 Å². The minimum absolute atomic E-state index is 0.129. The maximum atomic E-state index is 14.2. The molecule has 0 atom stereocenters. The molecular formula is C24H21FN2O3. The first-order valence-corrected chi connectivity index (χ1v) is 9.57. The van der Waals surface area contributed by atoms with Crippen molar-refractivity contribution in [2.45, 2.75) is 27.4 Å². The summed E-state index contributed by atoms with van der Waals surface area (Å²) in [6, 6.07) is 15.8. The van der Waals surface area contributed by atoms with Crippen LogP contribution in [0.5, 0.6) is 5.75 Å². The van der Waals surface area contributed by atoms with E-state index in [0.717, 1.165) is 27.6 Å². The fourth-order valence-electron chi connectivity index (χ4n) is 3.30. The van der Waals surface area contributed by atoms with Gasteiger partial charge in [-0.3, -0.25) is 4.79 Å². The van der Waals surface area contributed by atoms with Gasteiger partial charge >= 0.3 is 0 Å². The highest BCUT2D eigenvalue weighted by Crippen LogP contribution is 2.29. The van der Waals surface area contributed by atoms with E-state index < -0.39 is 11.7 Å². The van der Waals surface area contributed by atoms with Gasteiger partial charge in [-0.15, -0.1) is 0 Å². The Balaban J connectivity index is 1.70. The number of hydrogen-bond donors (Lipinski definition) is 1. The normalized spacial score (nSPS) is 10.9. The molecule has 1 heterocycles.